The second-order valence-electron chi connectivity index (χ2n) is 5.25. The minimum absolute atomic E-state index is 0.130. The van der Waals surface area contributed by atoms with Crippen LogP contribution in [0.5, 0.6) is 0 Å². The van der Waals surface area contributed by atoms with E-state index in [0.717, 1.165) is 36.5 Å². The van der Waals surface area contributed by atoms with Gasteiger partial charge in [0.05, 0.1) is 11.7 Å². The van der Waals surface area contributed by atoms with Gasteiger partial charge >= 0.3 is 5.97 Å². The van der Waals surface area contributed by atoms with Gasteiger partial charge in [0.2, 0.25) is 10.0 Å². The van der Waals surface area contributed by atoms with Gasteiger partial charge < -0.3 is 10.4 Å². The zero-order valence-electron chi connectivity index (χ0n) is 13.5. The summed E-state index contributed by atoms with van der Waals surface area (Å²) >= 11 is 0. The molecule has 0 bridgehead atoms. The summed E-state index contributed by atoms with van der Waals surface area (Å²) in [6.07, 6.45) is 9.32. The lowest BCUT2D eigenvalue weighted by molar-refractivity contribution is -0.140. The Kier molecular flexibility index (Phi) is 10.7. The first-order valence-corrected chi connectivity index (χ1v) is 9.40. The van der Waals surface area contributed by atoms with Crippen LogP contribution in [-0.4, -0.2) is 49.2 Å². The number of nitrogens with zero attached hydrogens (tertiary/aromatic N) is 1. The Bertz CT molecular complexity index is 451. The van der Waals surface area contributed by atoms with E-state index in [1.807, 2.05) is 13.8 Å². The van der Waals surface area contributed by atoms with Gasteiger partial charge in [0.1, 0.15) is 0 Å². The first kappa shape index (κ1) is 20.7. The molecule has 0 aromatic heterocycles. The molecule has 0 spiro atoms. The molecule has 1 aliphatic rings. The molecule has 0 amide bonds. The van der Waals surface area contributed by atoms with Gasteiger partial charge in [-0.2, -0.15) is 0 Å². The molecule has 22 heavy (non-hydrogen) atoms. The molecule has 6 nitrogen and oxygen atoms in total. The fraction of sp³-hybridized carbons (Fsp3) is 0.800. The van der Waals surface area contributed by atoms with E-state index in [0.29, 0.717) is 19.5 Å². The standard InChI is InChI=1S/C10H19NO2S.C5H9NO2/c1-4-7-8-10-14(12,13)11(6-3)9-5-2;7-5(8)4-1-2-6-3-4/h3H,4-5,7-10H2,1-2H3;4,6H,1-3H2,(H,7,8). The molecule has 0 aliphatic carbocycles. The Morgan fingerprint density at radius 1 is 1.36 bits per heavy atom. The van der Waals surface area contributed by atoms with Crippen LogP contribution in [-0.2, 0) is 14.8 Å². The molecule has 1 atom stereocenters. The van der Waals surface area contributed by atoms with E-state index < -0.39 is 16.0 Å². The first-order chi connectivity index (χ1) is 10.4. The van der Waals surface area contributed by atoms with Crippen LogP contribution in [0.25, 0.3) is 0 Å². The lowest BCUT2D eigenvalue weighted by Gasteiger charge is -2.16. The van der Waals surface area contributed by atoms with Crippen LogP contribution in [0.2, 0.25) is 0 Å². The van der Waals surface area contributed by atoms with Crippen LogP contribution in [0, 0.1) is 18.4 Å². The number of hydrogen-bond donors (Lipinski definition) is 2. The molecule has 1 saturated heterocycles. The highest BCUT2D eigenvalue weighted by Crippen LogP contribution is 2.06. The Labute approximate surface area is 134 Å². The number of aliphatic carboxylic acids is 1. The molecule has 1 heterocycles. The van der Waals surface area contributed by atoms with Crippen LogP contribution in [0.3, 0.4) is 0 Å². The molecule has 1 unspecified atom stereocenters. The van der Waals surface area contributed by atoms with E-state index in [2.05, 4.69) is 11.4 Å². The summed E-state index contributed by atoms with van der Waals surface area (Å²) in [5.74, 6) is -0.629. The third-order valence-corrected chi connectivity index (χ3v) is 5.09. The number of terminal acetylenes is 1. The van der Waals surface area contributed by atoms with Gasteiger partial charge in [0, 0.05) is 19.1 Å². The third kappa shape index (κ3) is 8.25. The highest BCUT2D eigenvalue weighted by molar-refractivity contribution is 7.89. The highest BCUT2D eigenvalue weighted by atomic mass is 32.2. The molecule has 0 aromatic carbocycles. The normalized spacial score (nSPS) is 17.2. The summed E-state index contributed by atoms with van der Waals surface area (Å²) in [4.78, 5) is 10.2. The Balaban J connectivity index is 0.000000461. The second kappa shape index (κ2) is 11.3. The molecule has 0 aromatic rings. The monoisotopic (exact) mass is 332 g/mol. The summed E-state index contributed by atoms with van der Waals surface area (Å²) in [5, 5.41) is 11.3. The number of rotatable bonds is 8. The molecule has 1 fully saturated rings. The van der Waals surface area contributed by atoms with Gasteiger partial charge in [0.15, 0.2) is 0 Å². The number of carbonyl (C=O) groups is 1. The number of nitrogens with one attached hydrogen (secondary N) is 1. The SMILES string of the molecule is C#CN(CCC)S(=O)(=O)CCCCC.O=C(O)C1CCNC1. The van der Waals surface area contributed by atoms with Crippen molar-refractivity contribution >= 4 is 16.0 Å². The highest BCUT2D eigenvalue weighted by Gasteiger charge is 2.20. The topological polar surface area (TPSA) is 86.7 Å². The molecule has 7 heteroatoms. The van der Waals surface area contributed by atoms with E-state index in [1.165, 1.54) is 0 Å². The maximum absolute atomic E-state index is 11.6. The first-order valence-electron chi connectivity index (χ1n) is 7.79. The average molecular weight is 332 g/mol. The van der Waals surface area contributed by atoms with Crippen molar-refractivity contribution in [2.75, 3.05) is 25.4 Å². The predicted molar refractivity (Wildman–Crippen MR) is 87.8 cm³/mol. The van der Waals surface area contributed by atoms with Gasteiger partial charge in [0.25, 0.3) is 0 Å². The summed E-state index contributed by atoms with van der Waals surface area (Å²) in [7, 11) is -3.21. The molecule has 1 aliphatic heterocycles. The van der Waals surface area contributed by atoms with Crippen molar-refractivity contribution in [3.63, 3.8) is 0 Å². The number of unbranched alkanes of at least 4 members (excludes halogenated alkanes) is 2. The van der Waals surface area contributed by atoms with E-state index in [1.54, 1.807) is 0 Å². The van der Waals surface area contributed by atoms with Gasteiger partial charge in [-0.25, -0.2) is 12.7 Å². The summed E-state index contributed by atoms with van der Waals surface area (Å²) < 4.78 is 24.3. The summed E-state index contributed by atoms with van der Waals surface area (Å²) in [5.41, 5.74) is 0. The van der Waals surface area contributed by atoms with Crippen LogP contribution in [0.4, 0.5) is 0 Å². The van der Waals surface area contributed by atoms with E-state index in [9.17, 15) is 13.2 Å². The van der Waals surface area contributed by atoms with E-state index >= 15 is 0 Å². The van der Waals surface area contributed by atoms with Crippen molar-refractivity contribution in [2.45, 2.75) is 46.0 Å². The van der Waals surface area contributed by atoms with Crippen LogP contribution < -0.4 is 5.32 Å². The molecule has 2 N–H and O–H groups in total. The van der Waals surface area contributed by atoms with Crippen molar-refractivity contribution in [1.82, 2.24) is 9.62 Å². The van der Waals surface area contributed by atoms with Crippen molar-refractivity contribution in [2.24, 2.45) is 5.92 Å². The van der Waals surface area contributed by atoms with Crippen molar-refractivity contribution in [1.29, 1.82) is 0 Å². The number of sulfonamides is 1. The molecular weight excluding hydrogens is 304 g/mol. The molecular formula is C15H28N2O4S. The summed E-state index contributed by atoms with van der Waals surface area (Å²) in [6.45, 7) is 5.88. The third-order valence-electron chi connectivity index (χ3n) is 3.32. The Morgan fingerprint density at radius 3 is 2.41 bits per heavy atom. The zero-order chi connectivity index (χ0) is 17.0. The zero-order valence-corrected chi connectivity index (χ0v) is 14.4. The lowest BCUT2D eigenvalue weighted by Crippen LogP contribution is -2.29. The minimum Gasteiger partial charge on any atom is -0.481 e. The predicted octanol–water partition coefficient (Wildman–Crippen LogP) is 1.49. The van der Waals surface area contributed by atoms with Crippen LogP contribution in [0.15, 0.2) is 0 Å². The fourth-order valence-corrected chi connectivity index (χ4v) is 3.41. The second-order valence-corrected chi connectivity index (χ2v) is 7.27. The smallest absolute Gasteiger partial charge is 0.307 e. The lowest BCUT2D eigenvalue weighted by atomic mass is 10.1. The van der Waals surface area contributed by atoms with Crippen molar-refractivity contribution in [3.05, 3.63) is 0 Å². The van der Waals surface area contributed by atoms with Gasteiger partial charge in [-0.15, -0.1) is 0 Å². The Morgan fingerprint density at radius 2 is 2.05 bits per heavy atom. The van der Waals surface area contributed by atoms with E-state index in [4.69, 9.17) is 11.5 Å². The quantitative estimate of drug-likeness (QED) is 0.399. The number of carboxylic acids is 1. The van der Waals surface area contributed by atoms with Crippen LogP contribution >= 0.6 is 0 Å². The number of hydrogen-bond acceptors (Lipinski definition) is 4. The molecule has 1 rings (SSSR count). The largest absolute Gasteiger partial charge is 0.481 e. The summed E-state index contributed by atoms with van der Waals surface area (Å²) in [6, 6.07) is 2.22. The average Bonchev–Trinajstić information content (AvgIpc) is 3.00. The maximum Gasteiger partial charge on any atom is 0.307 e. The minimum atomic E-state index is -3.21. The van der Waals surface area contributed by atoms with Gasteiger partial charge in [-0.1, -0.05) is 33.1 Å². The Hall–Kier alpha value is -1.26. The van der Waals surface area contributed by atoms with Gasteiger partial charge in [-0.3, -0.25) is 4.79 Å². The van der Waals surface area contributed by atoms with Gasteiger partial charge in [-0.05, 0) is 25.8 Å². The van der Waals surface area contributed by atoms with Crippen molar-refractivity contribution in [3.8, 4) is 12.5 Å². The fourth-order valence-electron chi connectivity index (χ4n) is 2.00. The van der Waals surface area contributed by atoms with E-state index in [-0.39, 0.29) is 11.7 Å². The van der Waals surface area contributed by atoms with Crippen LogP contribution in [0.1, 0.15) is 46.0 Å². The molecule has 0 saturated carbocycles. The molecule has 128 valence electrons. The number of carboxylic acid groups (broad SMARTS) is 1. The maximum atomic E-state index is 11.6. The molecule has 0 radical (unpaired) electrons. The van der Waals surface area contributed by atoms with Crippen molar-refractivity contribution < 1.29 is 18.3 Å².